The molecule has 0 fully saturated rings. The molecular formula is C12H13N3O2S. The molecular weight excluding hydrogens is 250 g/mol. The van der Waals surface area contributed by atoms with E-state index < -0.39 is 0 Å². The molecule has 0 amide bonds. The third kappa shape index (κ3) is 2.77. The van der Waals surface area contributed by atoms with Gasteiger partial charge in [0.1, 0.15) is 6.61 Å². The molecule has 6 heteroatoms. The standard InChI is InChI=1S/C12H13N3O2S/c1-15-11(7-16)13-14-12(15)18-8-10(17)9-5-3-2-4-6-9/h2-6,16H,7-8H2,1H3. The van der Waals surface area contributed by atoms with Crippen LogP contribution in [0.15, 0.2) is 35.5 Å². The van der Waals surface area contributed by atoms with Crippen LogP contribution < -0.4 is 0 Å². The minimum absolute atomic E-state index is 0.0501. The Kier molecular flexibility index (Phi) is 4.11. The van der Waals surface area contributed by atoms with Crippen LogP contribution in [-0.4, -0.2) is 31.4 Å². The highest BCUT2D eigenvalue weighted by molar-refractivity contribution is 7.99. The average molecular weight is 263 g/mol. The number of carbonyl (C=O) groups is 1. The van der Waals surface area contributed by atoms with Gasteiger partial charge in [-0.15, -0.1) is 10.2 Å². The van der Waals surface area contributed by atoms with Gasteiger partial charge in [-0.1, -0.05) is 42.1 Å². The number of aliphatic hydroxyl groups is 1. The normalized spacial score (nSPS) is 10.6. The second-order valence-corrected chi connectivity index (χ2v) is 4.64. The van der Waals surface area contributed by atoms with Crippen LogP contribution in [0.4, 0.5) is 0 Å². The molecule has 2 aromatic rings. The fraction of sp³-hybridized carbons (Fsp3) is 0.250. The van der Waals surface area contributed by atoms with Gasteiger partial charge in [-0.25, -0.2) is 0 Å². The molecule has 1 heterocycles. The predicted octanol–water partition coefficient (Wildman–Crippen LogP) is 1.28. The van der Waals surface area contributed by atoms with E-state index in [0.717, 1.165) is 0 Å². The number of aromatic nitrogens is 3. The molecule has 18 heavy (non-hydrogen) atoms. The lowest BCUT2D eigenvalue weighted by Gasteiger charge is -2.02. The van der Waals surface area contributed by atoms with Gasteiger partial charge >= 0.3 is 0 Å². The molecule has 0 unspecified atom stereocenters. The van der Waals surface area contributed by atoms with Crippen LogP contribution in [0.5, 0.6) is 0 Å². The maximum atomic E-state index is 11.9. The van der Waals surface area contributed by atoms with E-state index in [1.54, 1.807) is 23.7 Å². The van der Waals surface area contributed by atoms with E-state index >= 15 is 0 Å². The monoisotopic (exact) mass is 263 g/mol. The third-order valence-corrected chi connectivity index (χ3v) is 3.51. The Labute approximate surface area is 109 Å². The van der Waals surface area contributed by atoms with Crippen molar-refractivity contribution in [3.63, 3.8) is 0 Å². The van der Waals surface area contributed by atoms with Crippen LogP contribution in [0.25, 0.3) is 0 Å². The Balaban J connectivity index is 2.00. The van der Waals surface area contributed by atoms with Gasteiger partial charge < -0.3 is 9.67 Å². The molecule has 0 aliphatic carbocycles. The van der Waals surface area contributed by atoms with Crippen LogP contribution in [0.1, 0.15) is 16.2 Å². The number of benzene rings is 1. The third-order valence-electron chi connectivity index (χ3n) is 2.49. The molecule has 5 nitrogen and oxygen atoms in total. The van der Waals surface area contributed by atoms with Gasteiger partial charge in [0.05, 0.1) is 5.75 Å². The van der Waals surface area contributed by atoms with Crippen molar-refractivity contribution in [3.8, 4) is 0 Å². The minimum atomic E-state index is -0.156. The van der Waals surface area contributed by atoms with Gasteiger partial charge in [0.25, 0.3) is 0 Å². The number of thioether (sulfide) groups is 1. The van der Waals surface area contributed by atoms with Crippen molar-refractivity contribution in [3.05, 3.63) is 41.7 Å². The SMILES string of the molecule is Cn1c(CO)nnc1SCC(=O)c1ccccc1. The smallest absolute Gasteiger partial charge is 0.191 e. The molecule has 2 rings (SSSR count). The first-order valence-electron chi connectivity index (χ1n) is 5.42. The number of aliphatic hydroxyl groups excluding tert-OH is 1. The molecule has 1 aromatic carbocycles. The van der Waals surface area contributed by atoms with Gasteiger partial charge in [0.15, 0.2) is 16.8 Å². The summed E-state index contributed by atoms with van der Waals surface area (Å²) in [5.41, 5.74) is 0.689. The first-order chi connectivity index (χ1) is 8.72. The Bertz CT molecular complexity index is 540. The molecule has 0 radical (unpaired) electrons. The van der Waals surface area contributed by atoms with E-state index in [4.69, 9.17) is 5.11 Å². The zero-order valence-corrected chi connectivity index (χ0v) is 10.7. The van der Waals surface area contributed by atoms with Gasteiger partial charge in [-0.3, -0.25) is 4.79 Å². The van der Waals surface area contributed by atoms with Gasteiger partial charge in [0, 0.05) is 12.6 Å². The van der Waals surface area contributed by atoms with E-state index in [0.29, 0.717) is 22.3 Å². The summed E-state index contributed by atoms with van der Waals surface area (Å²) in [5.74, 6) is 0.848. The molecule has 94 valence electrons. The van der Waals surface area contributed by atoms with Crippen molar-refractivity contribution in [1.82, 2.24) is 14.8 Å². The summed E-state index contributed by atoms with van der Waals surface area (Å²) in [4.78, 5) is 11.9. The summed E-state index contributed by atoms with van der Waals surface area (Å²) in [7, 11) is 1.76. The maximum Gasteiger partial charge on any atom is 0.191 e. The summed E-state index contributed by atoms with van der Waals surface area (Å²) in [6.45, 7) is -0.156. The fourth-order valence-corrected chi connectivity index (χ4v) is 2.27. The Hall–Kier alpha value is -1.66. The highest BCUT2D eigenvalue weighted by atomic mass is 32.2. The lowest BCUT2D eigenvalue weighted by Crippen LogP contribution is -2.04. The summed E-state index contributed by atoms with van der Waals surface area (Å²) in [6.07, 6.45) is 0. The van der Waals surface area contributed by atoms with Crippen molar-refractivity contribution in [2.75, 3.05) is 5.75 Å². The second kappa shape index (κ2) is 5.79. The van der Waals surface area contributed by atoms with E-state index in [2.05, 4.69) is 10.2 Å². The Morgan fingerprint density at radius 3 is 2.67 bits per heavy atom. The maximum absolute atomic E-state index is 11.9. The van der Waals surface area contributed by atoms with E-state index in [1.165, 1.54) is 11.8 Å². The lowest BCUT2D eigenvalue weighted by atomic mass is 10.2. The van der Waals surface area contributed by atoms with Crippen molar-refractivity contribution < 1.29 is 9.90 Å². The molecule has 1 aromatic heterocycles. The van der Waals surface area contributed by atoms with Crippen molar-refractivity contribution >= 4 is 17.5 Å². The summed E-state index contributed by atoms with van der Waals surface area (Å²) in [6, 6.07) is 9.13. The first kappa shape index (κ1) is 12.8. The van der Waals surface area contributed by atoms with Crippen LogP contribution in [0, 0.1) is 0 Å². The molecule has 0 spiro atoms. The molecule has 0 aliphatic heterocycles. The van der Waals surface area contributed by atoms with E-state index in [-0.39, 0.29) is 12.4 Å². The average Bonchev–Trinajstić information content (AvgIpc) is 2.77. The Morgan fingerprint density at radius 2 is 2.06 bits per heavy atom. The number of ketones is 1. The number of hydrogen-bond donors (Lipinski definition) is 1. The summed E-state index contributed by atoms with van der Waals surface area (Å²) < 4.78 is 1.68. The van der Waals surface area contributed by atoms with Crippen LogP contribution in [0.2, 0.25) is 0 Å². The van der Waals surface area contributed by atoms with E-state index in [9.17, 15) is 4.79 Å². The number of hydrogen-bond acceptors (Lipinski definition) is 5. The molecule has 0 saturated carbocycles. The number of nitrogens with zero attached hydrogens (tertiary/aromatic N) is 3. The van der Waals surface area contributed by atoms with E-state index in [1.807, 2.05) is 18.2 Å². The minimum Gasteiger partial charge on any atom is -0.388 e. The quantitative estimate of drug-likeness (QED) is 0.650. The largest absolute Gasteiger partial charge is 0.388 e. The van der Waals surface area contributed by atoms with Gasteiger partial charge in [-0.05, 0) is 0 Å². The molecule has 0 atom stereocenters. The summed E-state index contributed by atoms with van der Waals surface area (Å²) >= 11 is 1.31. The van der Waals surface area contributed by atoms with Crippen molar-refractivity contribution in [2.45, 2.75) is 11.8 Å². The highest BCUT2D eigenvalue weighted by Crippen LogP contribution is 2.17. The van der Waals surface area contributed by atoms with Crippen LogP contribution in [-0.2, 0) is 13.7 Å². The highest BCUT2D eigenvalue weighted by Gasteiger charge is 2.11. The first-order valence-corrected chi connectivity index (χ1v) is 6.41. The topological polar surface area (TPSA) is 68.0 Å². The molecule has 0 saturated heterocycles. The lowest BCUT2D eigenvalue weighted by molar-refractivity contribution is 0.102. The molecule has 0 bridgehead atoms. The van der Waals surface area contributed by atoms with Crippen LogP contribution >= 0.6 is 11.8 Å². The number of Topliss-reactive ketones (excluding diaryl/α,β-unsaturated/α-hetero) is 1. The van der Waals surface area contributed by atoms with Crippen molar-refractivity contribution in [2.24, 2.45) is 7.05 Å². The zero-order valence-electron chi connectivity index (χ0n) is 9.91. The number of rotatable bonds is 5. The molecule has 0 aliphatic rings. The van der Waals surface area contributed by atoms with Crippen molar-refractivity contribution in [1.29, 1.82) is 0 Å². The molecule has 1 N–H and O–H groups in total. The van der Waals surface area contributed by atoms with Gasteiger partial charge in [0.2, 0.25) is 0 Å². The zero-order chi connectivity index (χ0) is 13.0. The Morgan fingerprint density at radius 1 is 1.33 bits per heavy atom. The van der Waals surface area contributed by atoms with Gasteiger partial charge in [-0.2, -0.15) is 0 Å². The predicted molar refractivity (Wildman–Crippen MR) is 68.4 cm³/mol. The second-order valence-electron chi connectivity index (χ2n) is 3.69. The number of carbonyl (C=O) groups excluding carboxylic acids is 1. The fourth-order valence-electron chi connectivity index (χ4n) is 1.45. The summed E-state index contributed by atoms with van der Waals surface area (Å²) in [5, 5.41) is 17.3. The van der Waals surface area contributed by atoms with Crippen LogP contribution in [0.3, 0.4) is 0 Å².